The minimum atomic E-state index is -4.46. The van der Waals surface area contributed by atoms with Gasteiger partial charge in [-0.25, -0.2) is 14.4 Å². The summed E-state index contributed by atoms with van der Waals surface area (Å²) in [6, 6.07) is 8.47. The van der Waals surface area contributed by atoms with Crippen LogP contribution in [0.1, 0.15) is 10.4 Å². The number of halogens is 4. The molecule has 0 aliphatic carbocycles. The van der Waals surface area contributed by atoms with Crippen molar-refractivity contribution in [2.45, 2.75) is 12.7 Å². The Bertz CT molecular complexity index is 1070. The standard InChI is InChI=1S/C17H11F4N5S/c18-10-3-1-9(2-4-10)8-22-14-11-7-13(17(19,20)21)27-16(11)25-15(24-14)12-5-6-23-26-12/h1-7H,8H2,(H,23,26)(H,22,24,25). The zero-order valence-electron chi connectivity index (χ0n) is 13.5. The van der Waals surface area contributed by atoms with Crippen LogP contribution in [0.5, 0.6) is 0 Å². The summed E-state index contributed by atoms with van der Waals surface area (Å²) in [5.74, 6) is 0.134. The maximum absolute atomic E-state index is 13.1. The average molecular weight is 393 g/mol. The number of aromatic amines is 1. The van der Waals surface area contributed by atoms with Gasteiger partial charge in [-0.1, -0.05) is 12.1 Å². The third-order valence-corrected chi connectivity index (χ3v) is 4.86. The number of thiophene rings is 1. The van der Waals surface area contributed by atoms with E-state index in [1.165, 1.54) is 18.3 Å². The van der Waals surface area contributed by atoms with E-state index in [0.717, 1.165) is 11.6 Å². The van der Waals surface area contributed by atoms with Gasteiger partial charge in [-0.05, 0) is 29.8 Å². The van der Waals surface area contributed by atoms with E-state index in [-0.39, 0.29) is 34.2 Å². The number of anilines is 1. The lowest BCUT2D eigenvalue weighted by atomic mass is 10.2. The van der Waals surface area contributed by atoms with E-state index < -0.39 is 11.1 Å². The van der Waals surface area contributed by atoms with Crippen molar-refractivity contribution >= 4 is 27.4 Å². The molecule has 0 spiro atoms. The van der Waals surface area contributed by atoms with Gasteiger partial charge in [0.2, 0.25) is 0 Å². The second-order valence-electron chi connectivity index (χ2n) is 5.67. The van der Waals surface area contributed by atoms with Crippen LogP contribution in [0.15, 0.2) is 42.6 Å². The van der Waals surface area contributed by atoms with Gasteiger partial charge in [-0.3, -0.25) is 5.10 Å². The summed E-state index contributed by atoms with van der Waals surface area (Å²) in [7, 11) is 0. The zero-order valence-corrected chi connectivity index (χ0v) is 14.3. The third-order valence-electron chi connectivity index (χ3n) is 3.79. The normalized spacial score (nSPS) is 11.9. The Labute approximate surface area is 154 Å². The SMILES string of the molecule is Fc1ccc(CNc2nc(-c3ccn[nH]3)nc3sc(C(F)(F)F)cc23)cc1. The van der Waals surface area contributed by atoms with Gasteiger partial charge in [0.1, 0.15) is 27.0 Å². The Morgan fingerprint density at radius 3 is 2.52 bits per heavy atom. The molecule has 3 aromatic heterocycles. The van der Waals surface area contributed by atoms with Gasteiger partial charge >= 0.3 is 6.18 Å². The Hall–Kier alpha value is -3.01. The highest BCUT2D eigenvalue weighted by Crippen LogP contribution is 2.39. The van der Waals surface area contributed by atoms with Gasteiger partial charge in [-0.2, -0.15) is 18.3 Å². The number of nitrogens with one attached hydrogen (secondary N) is 2. The largest absolute Gasteiger partial charge is 0.425 e. The fraction of sp³-hybridized carbons (Fsp3) is 0.118. The van der Waals surface area contributed by atoms with Crippen molar-refractivity contribution in [3.8, 4) is 11.5 Å². The van der Waals surface area contributed by atoms with Gasteiger partial charge in [0, 0.05) is 12.7 Å². The van der Waals surface area contributed by atoms with Crippen molar-refractivity contribution in [2.75, 3.05) is 5.32 Å². The quantitative estimate of drug-likeness (QED) is 0.487. The second kappa shape index (κ2) is 6.62. The molecule has 0 saturated carbocycles. The molecule has 0 atom stereocenters. The van der Waals surface area contributed by atoms with E-state index in [2.05, 4.69) is 25.5 Å². The third kappa shape index (κ3) is 3.61. The molecule has 0 aliphatic rings. The van der Waals surface area contributed by atoms with E-state index in [0.29, 0.717) is 17.0 Å². The van der Waals surface area contributed by atoms with Crippen LogP contribution in [-0.4, -0.2) is 20.2 Å². The first-order chi connectivity index (χ1) is 12.9. The zero-order chi connectivity index (χ0) is 19.0. The second-order valence-corrected chi connectivity index (χ2v) is 6.70. The molecular weight excluding hydrogens is 382 g/mol. The van der Waals surface area contributed by atoms with Crippen LogP contribution in [0.2, 0.25) is 0 Å². The Kier molecular flexibility index (Phi) is 4.27. The van der Waals surface area contributed by atoms with Crippen molar-refractivity contribution in [3.63, 3.8) is 0 Å². The number of benzene rings is 1. The molecule has 0 saturated heterocycles. The summed E-state index contributed by atoms with van der Waals surface area (Å²) in [6.45, 7) is 0.270. The molecule has 0 fully saturated rings. The molecule has 0 unspecified atom stereocenters. The number of H-pyrrole nitrogens is 1. The maximum Gasteiger partial charge on any atom is 0.425 e. The molecule has 1 aromatic carbocycles. The van der Waals surface area contributed by atoms with Crippen LogP contribution in [0.4, 0.5) is 23.4 Å². The fourth-order valence-corrected chi connectivity index (χ4v) is 3.38. The van der Waals surface area contributed by atoms with Crippen molar-refractivity contribution in [3.05, 3.63) is 58.9 Å². The van der Waals surface area contributed by atoms with Crippen LogP contribution in [0.25, 0.3) is 21.7 Å². The van der Waals surface area contributed by atoms with Crippen LogP contribution in [-0.2, 0) is 12.7 Å². The summed E-state index contributed by atoms with van der Waals surface area (Å²) in [6.07, 6.45) is -2.96. The minimum absolute atomic E-state index is 0.212. The lowest BCUT2D eigenvalue weighted by Crippen LogP contribution is -2.04. The van der Waals surface area contributed by atoms with E-state index in [9.17, 15) is 17.6 Å². The highest BCUT2D eigenvalue weighted by molar-refractivity contribution is 7.18. The highest BCUT2D eigenvalue weighted by atomic mass is 32.1. The van der Waals surface area contributed by atoms with Crippen LogP contribution in [0, 0.1) is 5.82 Å². The number of rotatable bonds is 4. The first-order valence-electron chi connectivity index (χ1n) is 7.77. The molecule has 5 nitrogen and oxygen atoms in total. The van der Waals surface area contributed by atoms with Crippen LogP contribution < -0.4 is 5.32 Å². The highest BCUT2D eigenvalue weighted by Gasteiger charge is 2.33. The van der Waals surface area contributed by atoms with Gasteiger partial charge in [-0.15, -0.1) is 11.3 Å². The smallest absolute Gasteiger partial charge is 0.365 e. The average Bonchev–Trinajstić information content (AvgIpc) is 3.30. The van der Waals surface area contributed by atoms with E-state index in [4.69, 9.17) is 0 Å². The molecule has 0 bridgehead atoms. The topological polar surface area (TPSA) is 66.5 Å². The molecule has 0 radical (unpaired) electrons. The number of hydrogen-bond acceptors (Lipinski definition) is 5. The molecule has 0 aliphatic heterocycles. The Balaban J connectivity index is 1.75. The van der Waals surface area contributed by atoms with Crippen molar-refractivity contribution in [2.24, 2.45) is 0 Å². The predicted octanol–water partition coefficient (Wildman–Crippen LogP) is 4.85. The molecule has 3 heterocycles. The number of nitrogens with zero attached hydrogens (tertiary/aromatic N) is 3. The van der Waals surface area contributed by atoms with E-state index in [1.54, 1.807) is 18.2 Å². The summed E-state index contributed by atoms with van der Waals surface area (Å²) >= 11 is 0.553. The van der Waals surface area contributed by atoms with Gasteiger partial charge in [0.15, 0.2) is 5.82 Å². The van der Waals surface area contributed by atoms with Gasteiger partial charge < -0.3 is 5.32 Å². The van der Waals surface area contributed by atoms with E-state index in [1.807, 2.05) is 0 Å². The summed E-state index contributed by atoms with van der Waals surface area (Å²) in [5, 5.41) is 9.82. The van der Waals surface area contributed by atoms with Gasteiger partial charge in [0.05, 0.1) is 5.39 Å². The molecular formula is C17H11F4N5S. The van der Waals surface area contributed by atoms with E-state index >= 15 is 0 Å². The molecule has 2 N–H and O–H groups in total. The monoisotopic (exact) mass is 393 g/mol. The molecule has 138 valence electrons. The molecule has 10 heteroatoms. The van der Waals surface area contributed by atoms with Crippen LogP contribution in [0.3, 0.4) is 0 Å². The number of hydrogen-bond donors (Lipinski definition) is 2. The number of alkyl halides is 3. The van der Waals surface area contributed by atoms with Crippen LogP contribution >= 0.6 is 11.3 Å². The van der Waals surface area contributed by atoms with Crippen molar-refractivity contribution in [1.29, 1.82) is 0 Å². The fourth-order valence-electron chi connectivity index (χ4n) is 2.48. The lowest BCUT2D eigenvalue weighted by Gasteiger charge is -2.08. The summed E-state index contributed by atoms with van der Waals surface area (Å²) in [4.78, 5) is 8.03. The lowest BCUT2D eigenvalue weighted by molar-refractivity contribution is -0.134. The molecule has 4 aromatic rings. The number of aromatic nitrogens is 4. The minimum Gasteiger partial charge on any atom is -0.365 e. The maximum atomic E-state index is 13.1. The first kappa shape index (κ1) is 17.4. The Morgan fingerprint density at radius 2 is 1.85 bits per heavy atom. The Morgan fingerprint density at radius 1 is 1.07 bits per heavy atom. The van der Waals surface area contributed by atoms with Crippen molar-refractivity contribution < 1.29 is 17.6 Å². The van der Waals surface area contributed by atoms with Crippen molar-refractivity contribution in [1.82, 2.24) is 20.2 Å². The first-order valence-corrected chi connectivity index (χ1v) is 8.58. The molecule has 0 amide bonds. The predicted molar refractivity (Wildman–Crippen MR) is 93.7 cm³/mol. The van der Waals surface area contributed by atoms with Gasteiger partial charge in [0.25, 0.3) is 0 Å². The molecule has 27 heavy (non-hydrogen) atoms. The summed E-state index contributed by atoms with van der Waals surface area (Å²) < 4.78 is 52.4. The summed E-state index contributed by atoms with van der Waals surface area (Å²) in [5.41, 5.74) is 1.25. The number of fused-ring (bicyclic) bond motifs is 1. The molecule has 4 rings (SSSR count).